The molecule has 0 aliphatic heterocycles. The van der Waals surface area contributed by atoms with Crippen LogP contribution >= 0.6 is 0 Å². The van der Waals surface area contributed by atoms with Gasteiger partial charge in [0.1, 0.15) is 6.04 Å². The van der Waals surface area contributed by atoms with Crippen LogP contribution < -0.4 is 5.73 Å². The third-order valence-electron chi connectivity index (χ3n) is 2.74. The summed E-state index contributed by atoms with van der Waals surface area (Å²) in [7, 11) is 0. The van der Waals surface area contributed by atoms with Gasteiger partial charge in [-0.15, -0.1) is 0 Å². The molecule has 0 unspecified atom stereocenters. The van der Waals surface area contributed by atoms with Gasteiger partial charge in [0.25, 0.3) is 0 Å². The first-order chi connectivity index (χ1) is 5.66. The monoisotopic (exact) mass is 168 g/mol. The summed E-state index contributed by atoms with van der Waals surface area (Å²) in [6.45, 7) is 4.04. The Morgan fingerprint density at radius 3 is 2.83 bits per heavy atom. The van der Waals surface area contributed by atoms with E-state index in [-0.39, 0.29) is 12.0 Å². The van der Waals surface area contributed by atoms with Crippen LogP contribution in [0.2, 0.25) is 0 Å². The molecule has 0 radical (unpaired) electrons. The van der Waals surface area contributed by atoms with E-state index in [1.54, 1.807) is 0 Å². The Kier molecular flexibility index (Phi) is 2.84. The molecule has 68 valence electrons. The molecule has 0 aromatic carbocycles. The molecule has 3 heteroatoms. The molecule has 0 bridgehead atoms. The van der Waals surface area contributed by atoms with Crippen LogP contribution in [0.25, 0.3) is 0 Å². The second-order valence-corrected chi connectivity index (χ2v) is 3.64. The molecule has 0 saturated carbocycles. The van der Waals surface area contributed by atoms with Crippen molar-refractivity contribution in [1.82, 2.24) is 0 Å². The Balaban J connectivity index is 2.80. The fraction of sp³-hybridized carbons (Fsp3) is 0.778. The minimum absolute atomic E-state index is 0.111. The van der Waals surface area contributed by atoms with Crippen LogP contribution in [-0.2, 0) is 0 Å². The normalized spacial score (nSPS) is 36.8. The van der Waals surface area contributed by atoms with E-state index in [9.17, 15) is 4.91 Å². The van der Waals surface area contributed by atoms with Crippen LogP contribution in [0.1, 0.15) is 26.7 Å². The summed E-state index contributed by atoms with van der Waals surface area (Å²) in [5.74, 6) is 0.467. The maximum atomic E-state index is 10.5. The Bertz CT molecular complexity index is 201. The number of hydrogen-bond acceptors (Lipinski definition) is 3. The first kappa shape index (κ1) is 9.23. The fourth-order valence-electron chi connectivity index (χ4n) is 1.75. The highest BCUT2D eigenvalue weighted by Gasteiger charge is 2.27. The third kappa shape index (κ3) is 1.65. The van der Waals surface area contributed by atoms with Crippen LogP contribution in [0.3, 0.4) is 0 Å². The Morgan fingerprint density at radius 1 is 1.58 bits per heavy atom. The highest BCUT2D eigenvalue weighted by molar-refractivity contribution is 5.07. The van der Waals surface area contributed by atoms with Gasteiger partial charge in [0.2, 0.25) is 0 Å². The summed E-state index contributed by atoms with van der Waals surface area (Å²) in [5, 5.41) is 3.15. The van der Waals surface area contributed by atoms with Crippen LogP contribution in [0, 0.1) is 16.7 Å². The smallest absolute Gasteiger partial charge is 0.102 e. The van der Waals surface area contributed by atoms with E-state index >= 15 is 0 Å². The van der Waals surface area contributed by atoms with Crippen molar-refractivity contribution in [3.63, 3.8) is 0 Å². The Morgan fingerprint density at radius 2 is 2.25 bits per heavy atom. The van der Waals surface area contributed by atoms with E-state index in [4.69, 9.17) is 5.73 Å². The zero-order valence-corrected chi connectivity index (χ0v) is 7.66. The highest BCUT2D eigenvalue weighted by Crippen LogP contribution is 2.27. The van der Waals surface area contributed by atoms with Crippen molar-refractivity contribution in [3.05, 3.63) is 16.7 Å². The molecule has 0 aromatic heterocycles. The zero-order chi connectivity index (χ0) is 9.14. The molecule has 12 heavy (non-hydrogen) atoms. The average Bonchev–Trinajstić information content (AvgIpc) is 2.14. The molecule has 3 atom stereocenters. The number of nitrogens with zero attached hydrogens (tertiary/aromatic N) is 1. The largest absolute Gasteiger partial charge is 0.402 e. The van der Waals surface area contributed by atoms with Gasteiger partial charge in [0, 0.05) is 11.6 Å². The van der Waals surface area contributed by atoms with Gasteiger partial charge in [-0.05, 0) is 18.8 Å². The summed E-state index contributed by atoms with van der Waals surface area (Å²) < 4.78 is 0. The SMILES string of the molecule is C[C@@H]1CCC=C(N)[C@@H](C)[C@H]1N=O. The molecule has 0 aromatic rings. The van der Waals surface area contributed by atoms with Crippen molar-refractivity contribution in [2.75, 3.05) is 0 Å². The highest BCUT2D eigenvalue weighted by atomic mass is 16.3. The average molecular weight is 168 g/mol. The molecule has 2 N–H and O–H groups in total. The van der Waals surface area contributed by atoms with Crippen LogP contribution in [-0.4, -0.2) is 6.04 Å². The van der Waals surface area contributed by atoms with Gasteiger partial charge < -0.3 is 5.73 Å². The van der Waals surface area contributed by atoms with E-state index in [2.05, 4.69) is 12.1 Å². The van der Waals surface area contributed by atoms with E-state index in [0.29, 0.717) is 5.92 Å². The molecule has 1 aliphatic carbocycles. The molecular weight excluding hydrogens is 152 g/mol. The van der Waals surface area contributed by atoms with Gasteiger partial charge in [-0.3, -0.25) is 0 Å². The second-order valence-electron chi connectivity index (χ2n) is 3.64. The molecule has 0 heterocycles. The van der Waals surface area contributed by atoms with Gasteiger partial charge >= 0.3 is 0 Å². The van der Waals surface area contributed by atoms with Crippen LogP contribution in [0.4, 0.5) is 0 Å². The first-order valence-corrected chi connectivity index (χ1v) is 4.44. The lowest BCUT2D eigenvalue weighted by Gasteiger charge is -2.20. The summed E-state index contributed by atoms with van der Waals surface area (Å²) in [4.78, 5) is 10.5. The lowest BCUT2D eigenvalue weighted by Crippen LogP contribution is -2.26. The lowest BCUT2D eigenvalue weighted by atomic mass is 9.90. The fourth-order valence-corrected chi connectivity index (χ4v) is 1.75. The quantitative estimate of drug-likeness (QED) is 0.609. The molecule has 3 nitrogen and oxygen atoms in total. The molecule has 1 rings (SSSR count). The molecule has 0 saturated heterocycles. The predicted octanol–water partition coefficient (Wildman–Crippen LogP) is 2.03. The third-order valence-corrected chi connectivity index (χ3v) is 2.74. The predicted molar refractivity (Wildman–Crippen MR) is 49.4 cm³/mol. The molecule has 0 fully saturated rings. The number of allylic oxidation sites excluding steroid dienone is 1. The van der Waals surface area contributed by atoms with E-state index in [0.717, 1.165) is 18.5 Å². The van der Waals surface area contributed by atoms with Gasteiger partial charge in [0.15, 0.2) is 0 Å². The van der Waals surface area contributed by atoms with Crippen molar-refractivity contribution < 1.29 is 0 Å². The van der Waals surface area contributed by atoms with Gasteiger partial charge in [0.05, 0.1) is 0 Å². The van der Waals surface area contributed by atoms with Crippen molar-refractivity contribution in [3.8, 4) is 0 Å². The summed E-state index contributed by atoms with van der Waals surface area (Å²) in [6, 6.07) is -0.135. The topological polar surface area (TPSA) is 55.4 Å². The zero-order valence-electron chi connectivity index (χ0n) is 7.66. The van der Waals surface area contributed by atoms with Crippen LogP contribution in [0.5, 0.6) is 0 Å². The van der Waals surface area contributed by atoms with Crippen LogP contribution in [0.15, 0.2) is 16.9 Å². The van der Waals surface area contributed by atoms with E-state index < -0.39 is 0 Å². The van der Waals surface area contributed by atoms with Crippen molar-refractivity contribution in [1.29, 1.82) is 0 Å². The number of hydrogen-bond donors (Lipinski definition) is 1. The maximum Gasteiger partial charge on any atom is 0.102 e. The number of nitrogens with two attached hydrogens (primary N) is 1. The standard InChI is InChI=1S/C9H16N2O/c1-6-4-3-5-8(10)7(2)9(6)11-12/h5-7,9H,3-4,10H2,1-2H3/t6-,7-,9+/m1/s1. The number of nitroso groups, excluding NO2 is 1. The summed E-state index contributed by atoms with van der Waals surface area (Å²) in [5.41, 5.74) is 6.59. The molecule has 0 amide bonds. The van der Waals surface area contributed by atoms with E-state index in [1.165, 1.54) is 0 Å². The minimum Gasteiger partial charge on any atom is -0.402 e. The van der Waals surface area contributed by atoms with Gasteiger partial charge in [-0.1, -0.05) is 25.1 Å². The maximum absolute atomic E-state index is 10.5. The van der Waals surface area contributed by atoms with Gasteiger partial charge in [-0.25, -0.2) is 0 Å². The minimum atomic E-state index is -0.135. The van der Waals surface area contributed by atoms with Crippen molar-refractivity contribution >= 4 is 0 Å². The van der Waals surface area contributed by atoms with Crippen molar-refractivity contribution in [2.45, 2.75) is 32.7 Å². The Hall–Kier alpha value is -0.860. The van der Waals surface area contributed by atoms with E-state index in [1.807, 2.05) is 13.0 Å². The molecule has 0 spiro atoms. The van der Waals surface area contributed by atoms with Gasteiger partial charge in [-0.2, -0.15) is 4.91 Å². The molecule has 1 aliphatic rings. The summed E-state index contributed by atoms with van der Waals surface area (Å²) >= 11 is 0. The second kappa shape index (κ2) is 3.70. The summed E-state index contributed by atoms with van der Waals surface area (Å²) in [6.07, 6.45) is 4.01. The number of rotatable bonds is 1. The first-order valence-electron chi connectivity index (χ1n) is 4.44. The molecular formula is C9H16N2O. The Labute approximate surface area is 73.0 Å². The van der Waals surface area contributed by atoms with Crippen molar-refractivity contribution in [2.24, 2.45) is 22.7 Å². The lowest BCUT2D eigenvalue weighted by molar-refractivity contribution is 0.371.